The first-order chi connectivity index (χ1) is 12.2. The zero-order valence-electron chi connectivity index (χ0n) is 14.5. The lowest BCUT2D eigenvalue weighted by Crippen LogP contribution is -2.49. The molecule has 0 spiro atoms. The molecule has 2 heterocycles. The van der Waals surface area contributed by atoms with Crippen LogP contribution in [-0.2, 0) is 4.79 Å². The Hall–Kier alpha value is -2.75. The Morgan fingerprint density at radius 3 is 2.40 bits per heavy atom. The molecule has 0 radical (unpaired) electrons. The smallest absolute Gasteiger partial charge is 0.230 e. The van der Waals surface area contributed by atoms with Gasteiger partial charge in [-0.1, -0.05) is 36.4 Å². The molecule has 4 rings (SSSR count). The van der Waals surface area contributed by atoms with E-state index in [1.54, 1.807) is 0 Å². The number of aromatic amines is 1. The van der Waals surface area contributed by atoms with Crippen molar-refractivity contribution < 1.29 is 4.79 Å². The summed E-state index contributed by atoms with van der Waals surface area (Å²) in [5, 5.41) is 1.14. The highest BCUT2D eigenvalue weighted by molar-refractivity contribution is 5.91. The third kappa shape index (κ3) is 3.00. The number of hydrogen-bond acceptors (Lipinski definition) is 2. The van der Waals surface area contributed by atoms with Crippen LogP contribution in [0.1, 0.15) is 18.4 Å². The molecule has 1 aliphatic rings. The molecule has 1 atom stereocenters. The van der Waals surface area contributed by atoms with E-state index in [0.29, 0.717) is 0 Å². The summed E-state index contributed by atoms with van der Waals surface area (Å²) in [7, 11) is 0. The average Bonchev–Trinajstić information content (AvgIpc) is 3.12. The highest BCUT2D eigenvalue weighted by Gasteiger charge is 2.27. The minimum absolute atomic E-state index is 0.126. The fourth-order valence-electron chi connectivity index (χ4n) is 3.68. The highest BCUT2D eigenvalue weighted by Crippen LogP contribution is 2.27. The number of nitrogens with one attached hydrogen (secondary N) is 1. The molecule has 2 aromatic carbocycles. The quantitative estimate of drug-likeness (QED) is 0.795. The molecule has 25 heavy (non-hydrogen) atoms. The van der Waals surface area contributed by atoms with Crippen LogP contribution in [0.4, 0.5) is 5.69 Å². The highest BCUT2D eigenvalue weighted by atomic mass is 16.2. The zero-order chi connectivity index (χ0) is 17.2. The maximum atomic E-state index is 13.0. The molecule has 1 amide bonds. The first kappa shape index (κ1) is 15.8. The Bertz CT molecular complexity index is 863. The number of para-hydroxylation sites is 2. The molecule has 128 valence electrons. The van der Waals surface area contributed by atoms with Gasteiger partial charge in [0, 0.05) is 49.0 Å². The van der Waals surface area contributed by atoms with Gasteiger partial charge >= 0.3 is 0 Å². The van der Waals surface area contributed by atoms with Crippen LogP contribution in [0.15, 0.2) is 60.8 Å². The van der Waals surface area contributed by atoms with Gasteiger partial charge in [0.15, 0.2) is 0 Å². The number of piperazine rings is 1. The van der Waals surface area contributed by atoms with E-state index in [1.165, 1.54) is 5.69 Å². The largest absolute Gasteiger partial charge is 0.368 e. The van der Waals surface area contributed by atoms with Crippen molar-refractivity contribution >= 4 is 22.5 Å². The van der Waals surface area contributed by atoms with Crippen molar-refractivity contribution in [3.05, 3.63) is 66.4 Å². The van der Waals surface area contributed by atoms with E-state index in [0.717, 1.165) is 42.6 Å². The molecule has 1 N–H and O–H groups in total. The van der Waals surface area contributed by atoms with Crippen LogP contribution in [0.5, 0.6) is 0 Å². The van der Waals surface area contributed by atoms with Crippen LogP contribution in [0.25, 0.3) is 10.9 Å². The molecule has 1 unspecified atom stereocenters. The van der Waals surface area contributed by atoms with Gasteiger partial charge in [-0.25, -0.2) is 0 Å². The first-order valence-electron chi connectivity index (χ1n) is 8.89. The second-order valence-electron chi connectivity index (χ2n) is 6.66. The lowest BCUT2D eigenvalue weighted by Gasteiger charge is -2.37. The Morgan fingerprint density at radius 2 is 1.64 bits per heavy atom. The van der Waals surface area contributed by atoms with E-state index in [4.69, 9.17) is 0 Å². The van der Waals surface area contributed by atoms with E-state index < -0.39 is 0 Å². The van der Waals surface area contributed by atoms with Gasteiger partial charge in [0.1, 0.15) is 0 Å². The second kappa shape index (κ2) is 6.63. The lowest BCUT2D eigenvalue weighted by molar-refractivity contribution is -0.132. The van der Waals surface area contributed by atoms with Crippen molar-refractivity contribution in [3.8, 4) is 0 Å². The van der Waals surface area contributed by atoms with Crippen LogP contribution in [0, 0.1) is 0 Å². The van der Waals surface area contributed by atoms with E-state index in [1.807, 2.05) is 36.2 Å². The number of carbonyl (C=O) groups excluding carboxylic acids is 1. The van der Waals surface area contributed by atoms with Crippen molar-refractivity contribution in [2.75, 3.05) is 31.1 Å². The van der Waals surface area contributed by atoms with Gasteiger partial charge in [0.2, 0.25) is 5.91 Å². The van der Waals surface area contributed by atoms with Crippen molar-refractivity contribution in [1.29, 1.82) is 0 Å². The van der Waals surface area contributed by atoms with Gasteiger partial charge in [0.25, 0.3) is 0 Å². The second-order valence-corrected chi connectivity index (χ2v) is 6.66. The van der Waals surface area contributed by atoms with Crippen molar-refractivity contribution in [1.82, 2.24) is 9.88 Å². The molecule has 1 saturated heterocycles. The number of hydrogen-bond donors (Lipinski definition) is 1. The van der Waals surface area contributed by atoms with Crippen molar-refractivity contribution in [3.63, 3.8) is 0 Å². The van der Waals surface area contributed by atoms with Gasteiger partial charge in [0.05, 0.1) is 5.92 Å². The fraction of sp³-hybridized carbons (Fsp3) is 0.286. The van der Waals surface area contributed by atoms with Crippen LogP contribution >= 0.6 is 0 Å². The predicted molar refractivity (Wildman–Crippen MR) is 102 cm³/mol. The molecular weight excluding hydrogens is 310 g/mol. The van der Waals surface area contributed by atoms with Gasteiger partial charge in [-0.05, 0) is 30.7 Å². The molecule has 0 aliphatic carbocycles. The number of amides is 1. The Kier molecular flexibility index (Phi) is 4.18. The summed E-state index contributed by atoms with van der Waals surface area (Å²) >= 11 is 0. The first-order valence-corrected chi connectivity index (χ1v) is 8.89. The van der Waals surface area contributed by atoms with Crippen LogP contribution in [-0.4, -0.2) is 42.0 Å². The predicted octanol–water partition coefficient (Wildman–Crippen LogP) is 3.62. The zero-order valence-corrected chi connectivity index (χ0v) is 14.5. The minimum Gasteiger partial charge on any atom is -0.368 e. The molecule has 0 saturated carbocycles. The summed E-state index contributed by atoms with van der Waals surface area (Å²) in [4.78, 5) is 20.6. The van der Waals surface area contributed by atoms with E-state index in [9.17, 15) is 4.79 Å². The van der Waals surface area contributed by atoms with Crippen LogP contribution < -0.4 is 4.90 Å². The molecule has 1 aromatic heterocycles. The Balaban J connectivity index is 1.45. The number of H-pyrrole nitrogens is 1. The van der Waals surface area contributed by atoms with Gasteiger partial charge < -0.3 is 14.8 Å². The number of anilines is 1. The van der Waals surface area contributed by atoms with Gasteiger partial charge in [-0.15, -0.1) is 0 Å². The molecular formula is C21H23N3O. The molecule has 1 aliphatic heterocycles. The Labute approximate surface area is 148 Å². The third-order valence-electron chi connectivity index (χ3n) is 5.17. The minimum atomic E-state index is -0.126. The monoisotopic (exact) mass is 333 g/mol. The van der Waals surface area contributed by atoms with Gasteiger partial charge in [-0.2, -0.15) is 0 Å². The number of fused-ring (bicyclic) bond motifs is 1. The lowest BCUT2D eigenvalue weighted by atomic mass is 9.98. The molecule has 3 aromatic rings. The number of carbonyl (C=O) groups is 1. The SMILES string of the molecule is CC(C(=O)N1CCN(c2ccccc2)CC1)c1c[nH]c2ccccc12. The molecule has 4 heteroatoms. The van der Waals surface area contributed by atoms with Crippen LogP contribution in [0.2, 0.25) is 0 Å². The molecule has 1 fully saturated rings. The third-order valence-corrected chi connectivity index (χ3v) is 5.17. The van der Waals surface area contributed by atoms with Crippen molar-refractivity contribution in [2.45, 2.75) is 12.8 Å². The average molecular weight is 333 g/mol. The molecule has 4 nitrogen and oxygen atoms in total. The summed E-state index contributed by atoms with van der Waals surface area (Å²) in [5.74, 6) is 0.0943. The number of benzene rings is 2. The Morgan fingerprint density at radius 1 is 0.960 bits per heavy atom. The van der Waals surface area contributed by atoms with Crippen molar-refractivity contribution in [2.24, 2.45) is 0 Å². The normalized spacial score (nSPS) is 16.2. The molecule has 0 bridgehead atoms. The van der Waals surface area contributed by atoms with E-state index in [-0.39, 0.29) is 11.8 Å². The number of aromatic nitrogens is 1. The maximum Gasteiger partial charge on any atom is 0.230 e. The fourth-order valence-corrected chi connectivity index (χ4v) is 3.68. The maximum absolute atomic E-state index is 13.0. The standard InChI is InChI=1S/C21H23N3O/c1-16(19-15-22-20-10-6-5-9-18(19)20)21(25)24-13-11-23(12-14-24)17-7-3-2-4-8-17/h2-10,15-16,22H,11-14H2,1H3. The van der Waals surface area contributed by atoms with E-state index in [2.05, 4.69) is 46.3 Å². The number of nitrogens with zero attached hydrogens (tertiary/aromatic N) is 2. The van der Waals surface area contributed by atoms with E-state index >= 15 is 0 Å². The van der Waals surface area contributed by atoms with Gasteiger partial charge in [-0.3, -0.25) is 4.79 Å². The summed E-state index contributed by atoms with van der Waals surface area (Å²) in [6.07, 6.45) is 1.98. The summed E-state index contributed by atoms with van der Waals surface area (Å²) in [6, 6.07) is 18.6. The summed E-state index contributed by atoms with van der Waals surface area (Å²) < 4.78 is 0. The summed E-state index contributed by atoms with van der Waals surface area (Å²) in [6.45, 7) is 5.34. The summed E-state index contributed by atoms with van der Waals surface area (Å²) in [5.41, 5.74) is 3.41. The van der Waals surface area contributed by atoms with Crippen LogP contribution in [0.3, 0.4) is 0 Å². The topological polar surface area (TPSA) is 39.3 Å². The number of rotatable bonds is 3.